The van der Waals surface area contributed by atoms with Crippen LogP contribution in [-0.4, -0.2) is 45.3 Å². The molecule has 1 aromatic rings. The molecule has 0 saturated carbocycles. The summed E-state index contributed by atoms with van der Waals surface area (Å²) in [5.74, 6) is -0.685. The molecular formula is C19H23N3O5S. The second-order valence-electron chi connectivity index (χ2n) is 6.71. The molecule has 1 aromatic carbocycles. The van der Waals surface area contributed by atoms with Gasteiger partial charge in [-0.3, -0.25) is 4.79 Å². The Labute approximate surface area is 164 Å². The zero-order valence-electron chi connectivity index (χ0n) is 15.7. The van der Waals surface area contributed by atoms with E-state index in [2.05, 4.69) is 16.3 Å². The number of fused-ring (bicyclic) bond motifs is 3. The summed E-state index contributed by atoms with van der Waals surface area (Å²) in [5.41, 5.74) is 0.583. The molecule has 8 nitrogen and oxygen atoms in total. The van der Waals surface area contributed by atoms with E-state index in [1.54, 1.807) is 6.07 Å². The number of nitrogens with one attached hydrogen (secondary N) is 1. The molecule has 9 heteroatoms. The van der Waals surface area contributed by atoms with E-state index in [4.69, 9.17) is 4.74 Å². The van der Waals surface area contributed by atoms with Crippen molar-refractivity contribution in [2.45, 2.75) is 43.6 Å². The van der Waals surface area contributed by atoms with Gasteiger partial charge in [0.2, 0.25) is 0 Å². The van der Waals surface area contributed by atoms with Gasteiger partial charge in [-0.2, -0.15) is 8.42 Å². The summed E-state index contributed by atoms with van der Waals surface area (Å²) >= 11 is 0. The zero-order chi connectivity index (χ0) is 20.3. The molecule has 0 aliphatic carbocycles. The van der Waals surface area contributed by atoms with E-state index in [0.717, 1.165) is 19.3 Å². The van der Waals surface area contributed by atoms with Crippen molar-refractivity contribution in [1.82, 2.24) is 5.32 Å². The SMILES string of the molecule is C=CCNC(=O)[C@H](C)OC(=O)c1ccc2c(c1)S(=O)(=O)N=C1CCCCCN12. The van der Waals surface area contributed by atoms with Crippen molar-refractivity contribution in [3.05, 3.63) is 36.4 Å². The molecule has 2 aliphatic heterocycles. The van der Waals surface area contributed by atoms with E-state index < -0.39 is 28.0 Å². The maximum absolute atomic E-state index is 12.6. The average Bonchev–Trinajstić information content (AvgIpc) is 2.90. The van der Waals surface area contributed by atoms with Gasteiger partial charge in [-0.1, -0.05) is 12.5 Å². The summed E-state index contributed by atoms with van der Waals surface area (Å²) in [5, 5.41) is 2.53. The lowest BCUT2D eigenvalue weighted by molar-refractivity contribution is -0.128. The molecule has 1 N–H and O–H groups in total. The Balaban J connectivity index is 1.85. The van der Waals surface area contributed by atoms with Crippen LogP contribution in [0.4, 0.5) is 5.69 Å². The first kappa shape index (κ1) is 20.1. The standard InChI is InChI=1S/C19H23N3O5S/c1-3-10-20-18(23)13(2)27-19(24)14-8-9-15-16(12-14)28(25,26)21-17-7-5-4-6-11-22(15)17/h3,8-9,12-13H,1,4-7,10-11H2,2H3,(H,20,23)/t13-/m0/s1. The highest BCUT2D eigenvalue weighted by Crippen LogP contribution is 2.35. The molecule has 0 unspecified atom stereocenters. The van der Waals surface area contributed by atoms with E-state index in [0.29, 0.717) is 24.5 Å². The molecule has 2 aliphatic rings. The molecule has 2 heterocycles. The summed E-state index contributed by atoms with van der Waals surface area (Å²) in [7, 11) is -3.89. The van der Waals surface area contributed by atoms with Gasteiger partial charge < -0.3 is 15.0 Å². The van der Waals surface area contributed by atoms with E-state index in [1.807, 2.05) is 4.90 Å². The van der Waals surface area contributed by atoms with Gasteiger partial charge in [0.05, 0.1) is 11.3 Å². The zero-order valence-corrected chi connectivity index (χ0v) is 16.5. The number of carbonyl (C=O) groups is 2. The van der Waals surface area contributed by atoms with Crippen molar-refractivity contribution in [3.63, 3.8) is 0 Å². The van der Waals surface area contributed by atoms with Crippen molar-refractivity contribution in [2.24, 2.45) is 4.40 Å². The van der Waals surface area contributed by atoms with Crippen LogP contribution in [0.5, 0.6) is 0 Å². The minimum Gasteiger partial charge on any atom is -0.449 e. The van der Waals surface area contributed by atoms with Crippen LogP contribution in [0, 0.1) is 0 Å². The predicted octanol–water partition coefficient (Wildman–Crippen LogP) is 2.02. The van der Waals surface area contributed by atoms with Crippen LogP contribution in [0.3, 0.4) is 0 Å². The second kappa shape index (κ2) is 8.14. The largest absolute Gasteiger partial charge is 0.449 e. The number of hydrogen-bond donors (Lipinski definition) is 1. The summed E-state index contributed by atoms with van der Waals surface area (Å²) in [6.45, 7) is 5.88. The number of carbonyl (C=O) groups excluding carboxylic acids is 2. The minimum absolute atomic E-state index is 0.0173. The molecule has 3 rings (SSSR count). The lowest BCUT2D eigenvalue weighted by atomic mass is 10.1. The lowest BCUT2D eigenvalue weighted by Gasteiger charge is -2.29. The van der Waals surface area contributed by atoms with Crippen molar-refractivity contribution in [1.29, 1.82) is 0 Å². The molecule has 150 valence electrons. The quantitative estimate of drug-likeness (QED) is 0.593. The van der Waals surface area contributed by atoms with Crippen molar-refractivity contribution in [3.8, 4) is 0 Å². The first-order valence-electron chi connectivity index (χ1n) is 9.18. The second-order valence-corrected chi connectivity index (χ2v) is 8.28. The first-order chi connectivity index (χ1) is 13.3. The number of hydrogen-bond acceptors (Lipinski definition) is 6. The molecule has 0 bridgehead atoms. The predicted molar refractivity (Wildman–Crippen MR) is 105 cm³/mol. The fraction of sp³-hybridized carbons (Fsp3) is 0.421. The van der Waals surface area contributed by atoms with Gasteiger partial charge >= 0.3 is 5.97 Å². The minimum atomic E-state index is -3.89. The average molecular weight is 405 g/mol. The number of ether oxygens (including phenoxy) is 1. The summed E-state index contributed by atoms with van der Waals surface area (Å²) in [6, 6.07) is 4.39. The van der Waals surface area contributed by atoms with Crippen LogP contribution in [0.2, 0.25) is 0 Å². The third-order valence-electron chi connectivity index (χ3n) is 4.66. The van der Waals surface area contributed by atoms with Crippen molar-refractivity contribution in [2.75, 3.05) is 18.0 Å². The first-order valence-corrected chi connectivity index (χ1v) is 10.6. The van der Waals surface area contributed by atoms with Gasteiger partial charge in [-0.25, -0.2) is 4.79 Å². The third-order valence-corrected chi connectivity index (χ3v) is 5.99. The van der Waals surface area contributed by atoms with Crippen LogP contribution in [0.15, 0.2) is 40.1 Å². The monoisotopic (exact) mass is 405 g/mol. The van der Waals surface area contributed by atoms with Gasteiger partial charge in [-0.15, -0.1) is 11.0 Å². The van der Waals surface area contributed by atoms with Gasteiger partial charge in [0.25, 0.3) is 15.9 Å². The highest BCUT2D eigenvalue weighted by atomic mass is 32.2. The topological polar surface area (TPSA) is 105 Å². The molecule has 0 aromatic heterocycles. The molecule has 0 radical (unpaired) electrons. The van der Waals surface area contributed by atoms with Gasteiger partial charge in [0.1, 0.15) is 10.7 Å². The van der Waals surface area contributed by atoms with E-state index >= 15 is 0 Å². The molecule has 1 fully saturated rings. The molecule has 1 amide bonds. The fourth-order valence-corrected chi connectivity index (χ4v) is 4.49. The number of amidine groups is 1. The maximum Gasteiger partial charge on any atom is 0.338 e. The molecule has 1 atom stereocenters. The van der Waals surface area contributed by atoms with Gasteiger partial charge in [-0.05, 0) is 38.0 Å². The summed E-state index contributed by atoms with van der Waals surface area (Å²) in [6.07, 6.45) is 3.96. The number of esters is 1. The Morgan fingerprint density at radius 1 is 1.36 bits per heavy atom. The number of anilines is 1. The Kier molecular flexibility index (Phi) is 5.83. The Morgan fingerprint density at radius 2 is 2.14 bits per heavy atom. The Hall–Kier alpha value is -2.68. The van der Waals surface area contributed by atoms with E-state index in [1.165, 1.54) is 25.1 Å². The van der Waals surface area contributed by atoms with Gasteiger partial charge in [0.15, 0.2) is 6.10 Å². The van der Waals surface area contributed by atoms with Crippen LogP contribution in [0.25, 0.3) is 0 Å². The summed E-state index contributed by atoms with van der Waals surface area (Å²) < 4.78 is 34.3. The van der Waals surface area contributed by atoms with Crippen molar-refractivity contribution >= 4 is 33.4 Å². The maximum atomic E-state index is 12.6. The van der Waals surface area contributed by atoms with E-state index in [9.17, 15) is 18.0 Å². The van der Waals surface area contributed by atoms with E-state index in [-0.39, 0.29) is 17.0 Å². The Morgan fingerprint density at radius 3 is 2.89 bits per heavy atom. The number of sulfonamides is 1. The molecule has 0 spiro atoms. The highest BCUT2D eigenvalue weighted by molar-refractivity contribution is 7.90. The lowest BCUT2D eigenvalue weighted by Crippen LogP contribution is -2.36. The fourth-order valence-electron chi connectivity index (χ4n) is 3.21. The van der Waals surface area contributed by atoms with Gasteiger partial charge in [0, 0.05) is 19.5 Å². The summed E-state index contributed by atoms with van der Waals surface area (Å²) in [4.78, 5) is 26.1. The number of nitrogens with zero attached hydrogens (tertiary/aromatic N) is 2. The third kappa shape index (κ3) is 4.09. The molecular weight excluding hydrogens is 382 g/mol. The number of rotatable bonds is 5. The van der Waals surface area contributed by atoms with Crippen LogP contribution >= 0.6 is 0 Å². The van der Waals surface area contributed by atoms with Crippen molar-refractivity contribution < 1.29 is 22.7 Å². The van der Waals surface area contributed by atoms with Crippen LogP contribution in [0.1, 0.15) is 43.0 Å². The highest BCUT2D eigenvalue weighted by Gasteiger charge is 2.32. The Bertz CT molecular complexity index is 939. The van der Waals surface area contributed by atoms with Crippen LogP contribution < -0.4 is 10.2 Å². The molecule has 28 heavy (non-hydrogen) atoms. The van der Waals surface area contributed by atoms with Crippen LogP contribution in [-0.2, 0) is 19.6 Å². The number of amides is 1. The normalized spacial score (nSPS) is 18.6. The molecule has 1 saturated heterocycles. The number of benzene rings is 1. The smallest absolute Gasteiger partial charge is 0.338 e.